The van der Waals surface area contributed by atoms with Crippen molar-refractivity contribution < 1.29 is 18.8 Å². The molecule has 138 valence electrons. The number of carbonyl (C=O) groups is 2. The first-order valence-corrected chi connectivity index (χ1v) is 12.1. The van der Waals surface area contributed by atoms with Gasteiger partial charge in [-0.05, 0) is 49.2 Å². The molecule has 2 saturated carbocycles. The number of hydrogen-bond donors (Lipinski definition) is 0. The highest BCUT2D eigenvalue weighted by Crippen LogP contribution is 2.52. The number of hydrogen-bond acceptors (Lipinski definition) is 4. The first-order chi connectivity index (χ1) is 10.9. The van der Waals surface area contributed by atoms with E-state index in [4.69, 9.17) is 9.16 Å². The Morgan fingerprint density at radius 1 is 1.29 bits per heavy atom. The summed E-state index contributed by atoms with van der Waals surface area (Å²) in [6, 6.07) is 0. The summed E-state index contributed by atoms with van der Waals surface area (Å²) in [5, 5.41) is 0.0744. The molecule has 2 aliphatic carbocycles. The zero-order valence-corrected chi connectivity index (χ0v) is 17.4. The lowest BCUT2D eigenvalue weighted by Gasteiger charge is -2.51. The summed E-state index contributed by atoms with van der Waals surface area (Å²) >= 11 is 0. The minimum absolute atomic E-state index is 0.0296. The Morgan fingerprint density at radius 3 is 2.46 bits per heavy atom. The quantitative estimate of drug-likeness (QED) is 0.559. The van der Waals surface area contributed by atoms with Crippen molar-refractivity contribution >= 4 is 20.1 Å². The van der Waals surface area contributed by atoms with Gasteiger partial charge in [0.25, 0.3) is 0 Å². The lowest BCUT2D eigenvalue weighted by molar-refractivity contribution is -0.160. The van der Waals surface area contributed by atoms with Gasteiger partial charge in [0.05, 0.1) is 19.1 Å². The molecule has 4 atom stereocenters. The topological polar surface area (TPSA) is 52.6 Å². The van der Waals surface area contributed by atoms with Gasteiger partial charge in [0.2, 0.25) is 0 Å². The van der Waals surface area contributed by atoms with Crippen molar-refractivity contribution in [2.45, 2.75) is 84.0 Å². The lowest BCUT2D eigenvalue weighted by Crippen LogP contribution is -2.54. The van der Waals surface area contributed by atoms with E-state index in [-0.39, 0.29) is 34.4 Å². The molecule has 0 aromatic rings. The van der Waals surface area contributed by atoms with Crippen LogP contribution in [0.4, 0.5) is 0 Å². The highest BCUT2D eigenvalue weighted by molar-refractivity contribution is 6.74. The van der Waals surface area contributed by atoms with Crippen LogP contribution in [0.15, 0.2) is 0 Å². The molecule has 0 aliphatic heterocycles. The zero-order chi connectivity index (χ0) is 18.3. The minimum Gasteiger partial charge on any atom is -0.469 e. The highest BCUT2D eigenvalue weighted by atomic mass is 28.4. The van der Waals surface area contributed by atoms with Crippen molar-refractivity contribution in [3.8, 4) is 0 Å². The Bertz CT molecular complexity index is 508. The number of rotatable bonds is 3. The molecule has 0 spiro atoms. The summed E-state index contributed by atoms with van der Waals surface area (Å²) in [7, 11) is -0.564. The SMILES string of the molecule is COC(=O)[C@H]1C[C@@]2(C)CCCC(=O)[C@@H]2C[C@@H]1O[Si](C)(C)C(C)(C)C. The standard InChI is InChI=1S/C19H34O4Si/c1-18(2,3)24(6,7)23-16-11-14-15(20)9-8-10-19(14,4)12-13(16)17(21)22-5/h13-14,16H,8-12H2,1-7H3/t13-,14-,16-,19+/m0/s1. The number of methoxy groups -OCH3 is 1. The van der Waals surface area contributed by atoms with Crippen LogP contribution >= 0.6 is 0 Å². The number of Topliss-reactive ketones (excluding diaryl/α,β-unsaturated/α-hetero) is 1. The predicted octanol–water partition coefficient (Wildman–Crippen LogP) is 4.34. The first kappa shape index (κ1) is 19.6. The number of carbonyl (C=O) groups excluding carboxylic acids is 2. The average Bonchev–Trinajstić information content (AvgIpc) is 2.45. The fourth-order valence-corrected chi connectivity index (χ4v) is 5.54. The van der Waals surface area contributed by atoms with Crippen molar-refractivity contribution in [2.75, 3.05) is 7.11 Å². The third-order valence-corrected chi connectivity index (χ3v) is 11.3. The minimum atomic E-state index is -2.01. The third-order valence-electron chi connectivity index (χ3n) is 6.76. The number of ketones is 1. The molecule has 4 nitrogen and oxygen atoms in total. The molecule has 0 radical (unpaired) electrons. The molecule has 5 heteroatoms. The Morgan fingerprint density at radius 2 is 1.92 bits per heavy atom. The zero-order valence-electron chi connectivity index (χ0n) is 16.4. The van der Waals surface area contributed by atoms with Gasteiger partial charge in [0.1, 0.15) is 5.78 Å². The van der Waals surface area contributed by atoms with E-state index < -0.39 is 8.32 Å². The van der Waals surface area contributed by atoms with E-state index in [1.165, 1.54) is 7.11 Å². The van der Waals surface area contributed by atoms with Crippen molar-refractivity contribution in [3.05, 3.63) is 0 Å². The highest BCUT2D eigenvalue weighted by Gasteiger charge is 2.53. The molecule has 0 bridgehead atoms. The molecule has 0 unspecified atom stereocenters. The van der Waals surface area contributed by atoms with E-state index in [0.717, 1.165) is 12.8 Å². The van der Waals surface area contributed by atoms with Crippen LogP contribution in [-0.4, -0.2) is 33.3 Å². The Kier molecular flexibility index (Phi) is 5.37. The molecule has 0 aromatic carbocycles. The average molecular weight is 355 g/mol. The molecular weight excluding hydrogens is 320 g/mol. The smallest absolute Gasteiger partial charge is 0.311 e. The molecule has 2 aliphatic rings. The molecule has 0 N–H and O–H groups in total. The predicted molar refractivity (Wildman–Crippen MR) is 97.3 cm³/mol. The van der Waals surface area contributed by atoms with E-state index in [9.17, 15) is 9.59 Å². The Labute approximate surface area is 147 Å². The molecular formula is C19H34O4Si. The van der Waals surface area contributed by atoms with Crippen LogP contribution in [0.2, 0.25) is 18.1 Å². The molecule has 0 saturated heterocycles. The molecule has 2 rings (SSSR count). The second-order valence-electron chi connectivity index (χ2n) is 9.51. The summed E-state index contributed by atoms with van der Waals surface area (Å²) < 4.78 is 11.7. The fourth-order valence-electron chi connectivity index (χ4n) is 4.17. The van der Waals surface area contributed by atoms with Gasteiger partial charge in [-0.1, -0.05) is 27.7 Å². The van der Waals surface area contributed by atoms with Crippen LogP contribution in [0.25, 0.3) is 0 Å². The van der Waals surface area contributed by atoms with Crippen LogP contribution < -0.4 is 0 Å². The number of fused-ring (bicyclic) bond motifs is 1. The summed E-state index contributed by atoms with van der Waals surface area (Å²) in [5.74, 6) is -0.0505. The number of ether oxygens (including phenoxy) is 1. The largest absolute Gasteiger partial charge is 0.469 e. The van der Waals surface area contributed by atoms with E-state index >= 15 is 0 Å². The molecule has 24 heavy (non-hydrogen) atoms. The monoisotopic (exact) mass is 354 g/mol. The molecule has 0 amide bonds. The summed E-state index contributed by atoms with van der Waals surface area (Å²) in [5.41, 5.74) is -0.0819. The summed E-state index contributed by atoms with van der Waals surface area (Å²) in [4.78, 5) is 25.0. The van der Waals surface area contributed by atoms with Crippen LogP contribution in [0.1, 0.15) is 59.8 Å². The van der Waals surface area contributed by atoms with E-state index in [0.29, 0.717) is 25.0 Å². The Balaban J connectivity index is 2.30. The van der Waals surface area contributed by atoms with Crippen molar-refractivity contribution in [2.24, 2.45) is 17.3 Å². The molecule has 2 fully saturated rings. The number of esters is 1. The van der Waals surface area contributed by atoms with Gasteiger partial charge in [0.15, 0.2) is 8.32 Å². The van der Waals surface area contributed by atoms with Gasteiger partial charge in [-0.25, -0.2) is 0 Å². The molecule has 0 heterocycles. The van der Waals surface area contributed by atoms with Crippen molar-refractivity contribution in [3.63, 3.8) is 0 Å². The van der Waals surface area contributed by atoms with Gasteiger partial charge in [-0.2, -0.15) is 0 Å². The molecule has 0 aromatic heterocycles. The first-order valence-electron chi connectivity index (χ1n) is 9.20. The maximum Gasteiger partial charge on any atom is 0.311 e. The fraction of sp³-hybridized carbons (Fsp3) is 0.895. The lowest BCUT2D eigenvalue weighted by atomic mass is 9.57. The van der Waals surface area contributed by atoms with Gasteiger partial charge >= 0.3 is 5.97 Å². The van der Waals surface area contributed by atoms with Crippen LogP contribution in [0.3, 0.4) is 0 Å². The normalized spacial score (nSPS) is 34.6. The van der Waals surface area contributed by atoms with Gasteiger partial charge in [-0.3, -0.25) is 9.59 Å². The van der Waals surface area contributed by atoms with E-state index in [1.807, 2.05) is 0 Å². The maximum atomic E-state index is 12.5. The van der Waals surface area contributed by atoms with Crippen LogP contribution in [-0.2, 0) is 18.8 Å². The van der Waals surface area contributed by atoms with Crippen LogP contribution in [0.5, 0.6) is 0 Å². The van der Waals surface area contributed by atoms with Crippen molar-refractivity contribution in [1.29, 1.82) is 0 Å². The summed E-state index contributed by atoms with van der Waals surface area (Å²) in [6.45, 7) is 13.2. The van der Waals surface area contributed by atoms with Gasteiger partial charge in [-0.15, -0.1) is 0 Å². The summed E-state index contributed by atoms with van der Waals surface area (Å²) in [6.07, 6.45) is 3.81. The van der Waals surface area contributed by atoms with Gasteiger partial charge < -0.3 is 9.16 Å². The van der Waals surface area contributed by atoms with E-state index in [1.54, 1.807) is 0 Å². The third kappa shape index (κ3) is 3.62. The maximum absolute atomic E-state index is 12.5. The second kappa shape index (κ2) is 6.56. The van der Waals surface area contributed by atoms with Crippen LogP contribution in [0, 0.1) is 17.3 Å². The van der Waals surface area contributed by atoms with E-state index in [2.05, 4.69) is 40.8 Å². The Hall–Kier alpha value is -0.683. The van der Waals surface area contributed by atoms with Crippen molar-refractivity contribution in [1.82, 2.24) is 0 Å². The second-order valence-corrected chi connectivity index (χ2v) is 14.3. The van der Waals surface area contributed by atoms with Gasteiger partial charge in [0, 0.05) is 12.3 Å².